The second kappa shape index (κ2) is 8.14. The molecule has 0 N–H and O–H groups in total. The standard InChI is InChI=1S/C13H21N5O2S/c1-4-5-6-11-15-12(20-17-11)10(2)21-13-16-14-9-18(13)7-8-19-3/h9-10H,4-8H2,1-3H3. The molecule has 0 spiro atoms. The molecule has 21 heavy (non-hydrogen) atoms. The van der Waals surface area contributed by atoms with Crippen molar-refractivity contribution in [2.45, 2.75) is 50.1 Å². The summed E-state index contributed by atoms with van der Waals surface area (Å²) in [4.78, 5) is 4.44. The Morgan fingerprint density at radius 2 is 2.33 bits per heavy atom. The lowest BCUT2D eigenvalue weighted by molar-refractivity contribution is 0.184. The minimum Gasteiger partial charge on any atom is -0.383 e. The number of ether oxygens (including phenoxy) is 1. The van der Waals surface area contributed by atoms with Gasteiger partial charge in [0.25, 0.3) is 0 Å². The van der Waals surface area contributed by atoms with Crippen LogP contribution in [0.4, 0.5) is 0 Å². The predicted molar refractivity (Wildman–Crippen MR) is 79.1 cm³/mol. The van der Waals surface area contributed by atoms with Crippen molar-refractivity contribution < 1.29 is 9.26 Å². The van der Waals surface area contributed by atoms with Crippen molar-refractivity contribution >= 4 is 11.8 Å². The highest BCUT2D eigenvalue weighted by Crippen LogP contribution is 2.32. The number of nitrogens with zero attached hydrogens (tertiary/aromatic N) is 5. The fraction of sp³-hybridized carbons (Fsp3) is 0.692. The number of aromatic nitrogens is 5. The Hall–Kier alpha value is -1.41. The maximum absolute atomic E-state index is 5.33. The van der Waals surface area contributed by atoms with Crippen LogP contribution < -0.4 is 0 Å². The van der Waals surface area contributed by atoms with Gasteiger partial charge in [-0.15, -0.1) is 10.2 Å². The summed E-state index contributed by atoms with van der Waals surface area (Å²) < 4.78 is 12.4. The molecule has 2 aromatic rings. The second-order valence-electron chi connectivity index (χ2n) is 4.71. The van der Waals surface area contributed by atoms with Gasteiger partial charge < -0.3 is 13.8 Å². The van der Waals surface area contributed by atoms with E-state index < -0.39 is 0 Å². The van der Waals surface area contributed by atoms with Gasteiger partial charge in [0, 0.05) is 20.1 Å². The maximum atomic E-state index is 5.33. The molecule has 0 saturated carbocycles. The number of hydrogen-bond acceptors (Lipinski definition) is 7. The van der Waals surface area contributed by atoms with E-state index in [2.05, 4.69) is 27.3 Å². The Morgan fingerprint density at radius 1 is 1.48 bits per heavy atom. The van der Waals surface area contributed by atoms with E-state index in [0.717, 1.165) is 36.8 Å². The van der Waals surface area contributed by atoms with E-state index in [0.29, 0.717) is 12.5 Å². The number of methoxy groups -OCH3 is 1. The normalized spacial score (nSPS) is 12.7. The molecule has 0 aromatic carbocycles. The van der Waals surface area contributed by atoms with Gasteiger partial charge in [0.15, 0.2) is 11.0 Å². The first-order valence-electron chi connectivity index (χ1n) is 7.10. The van der Waals surface area contributed by atoms with Crippen LogP contribution in [0.15, 0.2) is 16.0 Å². The quantitative estimate of drug-likeness (QED) is 0.658. The predicted octanol–water partition coefficient (Wildman–Crippen LogP) is 2.50. The topological polar surface area (TPSA) is 78.9 Å². The van der Waals surface area contributed by atoms with Crippen molar-refractivity contribution in [2.75, 3.05) is 13.7 Å². The summed E-state index contributed by atoms with van der Waals surface area (Å²) in [5.41, 5.74) is 0. The van der Waals surface area contributed by atoms with Gasteiger partial charge in [0.2, 0.25) is 5.89 Å². The van der Waals surface area contributed by atoms with Gasteiger partial charge in [-0.25, -0.2) is 0 Å². The van der Waals surface area contributed by atoms with Crippen LogP contribution in [0.25, 0.3) is 0 Å². The smallest absolute Gasteiger partial charge is 0.239 e. The average molecular weight is 311 g/mol. The van der Waals surface area contributed by atoms with Gasteiger partial charge in [0.05, 0.1) is 11.9 Å². The van der Waals surface area contributed by atoms with E-state index in [1.54, 1.807) is 25.2 Å². The first-order valence-corrected chi connectivity index (χ1v) is 7.98. The van der Waals surface area contributed by atoms with Crippen molar-refractivity contribution in [2.24, 2.45) is 0 Å². The second-order valence-corrected chi connectivity index (χ2v) is 6.02. The lowest BCUT2D eigenvalue weighted by Gasteiger charge is -2.07. The first-order chi connectivity index (χ1) is 10.2. The minimum absolute atomic E-state index is 0.0402. The molecule has 0 aliphatic heterocycles. The van der Waals surface area contributed by atoms with Crippen molar-refractivity contribution in [1.82, 2.24) is 24.9 Å². The summed E-state index contributed by atoms with van der Waals surface area (Å²) in [5.74, 6) is 1.41. The monoisotopic (exact) mass is 311 g/mol. The van der Waals surface area contributed by atoms with Crippen LogP contribution in [-0.4, -0.2) is 38.6 Å². The van der Waals surface area contributed by atoms with E-state index in [4.69, 9.17) is 9.26 Å². The van der Waals surface area contributed by atoms with E-state index >= 15 is 0 Å². The van der Waals surface area contributed by atoms with Gasteiger partial charge in [-0.1, -0.05) is 30.3 Å². The van der Waals surface area contributed by atoms with E-state index in [-0.39, 0.29) is 5.25 Å². The molecule has 0 bridgehead atoms. The molecule has 0 radical (unpaired) electrons. The molecular formula is C13H21N5O2S. The highest BCUT2D eigenvalue weighted by Gasteiger charge is 2.18. The Bertz CT molecular complexity index is 542. The first kappa shape index (κ1) is 16.0. The molecule has 1 atom stereocenters. The number of thioether (sulfide) groups is 1. The highest BCUT2D eigenvalue weighted by atomic mass is 32.2. The fourth-order valence-electron chi connectivity index (χ4n) is 1.76. The summed E-state index contributed by atoms with van der Waals surface area (Å²) in [7, 11) is 1.68. The van der Waals surface area contributed by atoms with Crippen molar-refractivity contribution in [3.63, 3.8) is 0 Å². The van der Waals surface area contributed by atoms with Gasteiger partial charge in [-0.3, -0.25) is 0 Å². The third-order valence-corrected chi connectivity index (χ3v) is 4.07. The van der Waals surface area contributed by atoms with E-state index in [1.165, 1.54) is 0 Å². The zero-order valence-corrected chi connectivity index (χ0v) is 13.5. The molecule has 2 rings (SSSR count). The van der Waals surface area contributed by atoms with Crippen molar-refractivity contribution in [3.8, 4) is 0 Å². The summed E-state index contributed by atoms with van der Waals surface area (Å²) in [5, 5.41) is 12.9. The molecule has 2 aromatic heterocycles. The van der Waals surface area contributed by atoms with Crippen LogP contribution in [0.3, 0.4) is 0 Å². The van der Waals surface area contributed by atoms with Crippen molar-refractivity contribution in [3.05, 3.63) is 18.0 Å². The van der Waals surface area contributed by atoms with Gasteiger partial charge in [0.1, 0.15) is 6.33 Å². The molecule has 8 heteroatoms. The number of hydrogen-bond donors (Lipinski definition) is 0. The zero-order valence-electron chi connectivity index (χ0n) is 12.7. The largest absolute Gasteiger partial charge is 0.383 e. The molecule has 1 unspecified atom stereocenters. The van der Waals surface area contributed by atoms with E-state index in [9.17, 15) is 0 Å². The summed E-state index contributed by atoms with van der Waals surface area (Å²) >= 11 is 1.56. The average Bonchev–Trinajstić information content (AvgIpc) is 3.12. The minimum atomic E-state index is 0.0402. The molecule has 0 aliphatic carbocycles. The lowest BCUT2D eigenvalue weighted by atomic mass is 10.2. The van der Waals surface area contributed by atoms with Gasteiger partial charge >= 0.3 is 0 Å². The molecule has 0 saturated heterocycles. The Balaban J connectivity index is 1.96. The highest BCUT2D eigenvalue weighted by molar-refractivity contribution is 7.99. The van der Waals surface area contributed by atoms with Gasteiger partial charge in [-0.05, 0) is 13.3 Å². The zero-order chi connectivity index (χ0) is 15.1. The van der Waals surface area contributed by atoms with E-state index in [1.807, 2.05) is 11.5 Å². The summed E-state index contributed by atoms with van der Waals surface area (Å²) in [6, 6.07) is 0. The molecule has 0 fully saturated rings. The molecule has 0 amide bonds. The number of aryl methyl sites for hydroxylation is 1. The molecular weight excluding hydrogens is 290 g/mol. The fourth-order valence-corrected chi connectivity index (χ4v) is 2.64. The summed E-state index contributed by atoms with van der Waals surface area (Å²) in [6.07, 6.45) is 4.76. The Morgan fingerprint density at radius 3 is 3.10 bits per heavy atom. The Labute approximate surface area is 128 Å². The van der Waals surface area contributed by atoms with Crippen molar-refractivity contribution in [1.29, 1.82) is 0 Å². The van der Waals surface area contributed by atoms with Crippen LogP contribution in [0.1, 0.15) is 43.7 Å². The molecule has 7 nitrogen and oxygen atoms in total. The Kier molecular flexibility index (Phi) is 6.19. The van der Waals surface area contributed by atoms with Crippen LogP contribution in [0.5, 0.6) is 0 Å². The lowest BCUT2D eigenvalue weighted by Crippen LogP contribution is -2.05. The van der Waals surface area contributed by atoms with Crippen LogP contribution in [-0.2, 0) is 17.7 Å². The summed E-state index contributed by atoms with van der Waals surface area (Å²) in [6.45, 7) is 5.52. The number of rotatable bonds is 9. The molecule has 0 aliphatic rings. The third-order valence-electron chi connectivity index (χ3n) is 2.98. The van der Waals surface area contributed by atoms with Crippen LogP contribution in [0, 0.1) is 0 Å². The molecule has 2 heterocycles. The maximum Gasteiger partial charge on any atom is 0.239 e. The molecule has 116 valence electrons. The van der Waals surface area contributed by atoms with Crippen LogP contribution in [0.2, 0.25) is 0 Å². The van der Waals surface area contributed by atoms with Crippen LogP contribution >= 0.6 is 11.8 Å². The third kappa shape index (κ3) is 4.53. The SMILES string of the molecule is CCCCc1noc(C(C)Sc2nncn2CCOC)n1. The van der Waals surface area contributed by atoms with Gasteiger partial charge in [-0.2, -0.15) is 4.98 Å². The number of unbranched alkanes of at least 4 members (excludes halogenated alkanes) is 1.